The molecule has 2 saturated heterocycles. The summed E-state index contributed by atoms with van der Waals surface area (Å²) in [5, 5.41) is 0. The van der Waals surface area contributed by atoms with Crippen LogP contribution in [0.25, 0.3) is 0 Å². The van der Waals surface area contributed by atoms with Crippen LogP contribution in [0.3, 0.4) is 0 Å². The Kier molecular flexibility index (Phi) is 6.65. The molecule has 4 heterocycles. The molecule has 0 bridgehead atoms. The van der Waals surface area contributed by atoms with Crippen LogP contribution in [0.15, 0.2) is 12.3 Å². The Bertz CT molecular complexity index is 1020. The highest BCUT2D eigenvalue weighted by Gasteiger charge is 2.49. The number of alkyl halides is 3. The number of nitrogens with zero attached hydrogens (tertiary/aromatic N) is 4. The summed E-state index contributed by atoms with van der Waals surface area (Å²) >= 11 is 0. The number of fused-ring (bicyclic) bond motifs is 2. The quantitative estimate of drug-likeness (QED) is 0.607. The molecule has 4 atom stereocenters. The zero-order valence-corrected chi connectivity index (χ0v) is 20.7. The van der Waals surface area contributed by atoms with E-state index in [0.29, 0.717) is 43.1 Å². The largest absolute Gasteiger partial charge is 0.444 e. The fourth-order valence-electron chi connectivity index (χ4n) is 6.46. The predicted octanol–water partition coefficient (Wildman–Crippen LogP) is 2.94. The minimum absolute atomic E-state index is 0.0270. The van der Waals surface area contributed by atoms with E-state index >= 15 is 0 Å². The Balaban J connectivity index is 1.25. The number of likely N-dealkylation sites (tertiary alicyclic amines) is 1. The summed E-state index contributed by atoms with van der Waals surface area (Å²) in [4.78, 5) is 35.4. The molecule has 11 heteroatoms. The van der Waals surface area contributed by atoms with E-state index in [1.165, 1.54) is 0 Å². The molecule has 3 aliphatic heterocycles. The van der Waals surface area contributed by atoms with Crippen LogP contribution < -0.4 is 0 Å². The lowest BCUT2D eigenvalue weighted by Crippen LogP contribution is -2.50. The molecule has 1 aromatic heterocycles. The molecule has 5 rings (SSSR count). The molecule has 1 saturated carbocycles. The first kappa shape index (κ1) is 25.3. The normalized spacial score (nSPS) is 30.8. The first-order valence-electron chi connectivity index (χ1n) is 12.6. The maximum absolute atomic E-state index is 13.8. The Morgan fingerprint density at radius 3 is 2.86 bits per heavy atom. The number of amides is 2. The molecule has 8 nitrogen and oxygen atoms in total. The van der Waals surface area contributed by atoms with E-state index in [9.17, 15) is 22.8 Å². The fraction of sp³-hybridized carbons (Fsp3) is 0.720. The summed E-state index contributed by atoms with van der Waals surface area (Å²) in [5.41, 5.74) is -0.428. The van der Waals surface area contributed by atoms with E-state index in [-0.39, 0.29) is 37.3 Å². The van der Waals surface area contributed by atoms with E-state index in [1.54, 1.807) is 24.0 Å². The standard InChI is InChI=1S/C25H33F3N4O4/c1-30-20-9-16(3-4-21(20)36-23(30)34)12-31-8-6-24(14-31,15-35-2)22(33)32-7-5-19-17(13-32)10-18(11-29-19)25(26,27)28/h10-11,16,20-21H,3-9,12-15H2,1-2H3. The molecule has 0 spiro atoms. The SMILES string of the molecule is COCC1(C(=O)N2CCc3ncc(C(F)(F)F)cc3C2)CCN(CC2CCC3OC(=O)N(C)C3C2)C1. The van der Waals surface area contributed by atoms with Gasteiger partial charge in [-0.15, -0.1) is 0 Å². The molecular weight excluding hydrogens is 477 g/mol. The molecule has 0 radical (unpaired) electrons. The molecule has 0 N–H and O–H groups in total. The summed E-state index contributed by atoms with van der Waals surface area (Å²) in [6.45, 7) is 2.98. The van der Waals surface area contributed by atoms with Crippen LogP contribution in [0.2, 0.25) is 0 Å². The van der Waals surface area contributed by atoms with Gasteiger partial charge in [0, 0.05) is 58.6 Å². The smallest absolute Gasteiger partial charge is 0.417 e. The van der Waals surface area contributed by atoms with Crippen molar-refractivity contribution in [1.29, 1.82) is 0 Å². The number of carbonyl (C=O) groups excluding carboxylic acids is 2. The first-order valence-corrected chi connectivity index (χ1v) is 12.6. The number of hydrogen-bond donors (Lipinski definition) is 0. The van der Waals surface area contributed by atoms with Crippen LogP contribution in [-0.2, 0) is 33.4 Å². The Morgan fingerprint density at radius 1 is 1.31 bits per heavy atom. The zero-order chi connectivity index (χ0) is 25.7. The molecule has 3 fully saturated rings. The van der Waals surface area contributed by atoms with Crippen LogP contribution in [0.1, 0.15) is 42.5 Å². The van der Waals surface area contributed by atoms with E-state index in [2.05, 4.69) is 9.88 Å². The second-order valence-electron chi connectivity index (χ2n) is 10.8. The molecule has 4 aliphatic rings. The molecule has 4 unspecified atom stereocenters. The van der Waals surface area contributed by atoms with Crippen LogP contribution in [-0.4, -0.2) is 90.8 Å². The van der Waals surface area contributed by atoms with Crippen molar-refractivity contribution in [3.05, 3.63) is 29.1 Å². The summed E-state index contributed by atoms with van der Waals surface area (Å²) in [6, 6.07) is 1.23. The third kappa shape index (κ3) is 4.67. The van der Waals surface area contributed by atoms with Crippen molar-refractivity contribution in [2.24, 2.45) is 11.3 Å². The highest BCUT2D eigenvalue weighted by atomic mass is 19.4. The number of rotatable bonds is 5. The topological polar surface area (TPSA) is 75.2 Å². The molecule has 0 aromatic carbocycles. The van der Waals surface area contributed by atoms with Gasteiger partial charge in [-0.05, 0) is 49.8 Å². The number of likely N-dealkylation sites (N-methyl/N-ethyl adjacent to an activating group) is 1. The second-order valence-corrected chi connectivity index (χ2v) is 10.8. The van der Waals surface area contributed by atoms with Gasteiger partial charge in [0.2, 0.25) is 5.91 Å². The lowest BCUT2D eigenvalue weighted by atomic mass is 9.83. The van der Waals surface area contributed by atoms with Gasteiger partial charge in [0.15, 0.2) is 0 Å². The minimum atomic E-state index is -4.47. The van der Waals surface area contributed by atoms with Crippen molar-refractivity contribution in [1.82, 2.24) is 19.7 Å². The fourth-order valence-corrected chi connectivity index (χ4v) is 6.46. The van der Waals surface area contributed by atoms with Crippen LogP contribution in [0, 0.1) is 11.3 Å². The minimum Gasteiger partial charge on any atom is -0.444 e. The van der Waals surface area contributed by atoms with Crippen molar-refractivity contribution in [3.63, 3.8) is 0 Å². The number of aromatic nitrogens is 1. The number of carbonyl (C=O) groups is 2. The number of hydrogen-bond acceptors (Lipinski definition) is 6. The monoisotopic (exact) mass is 510 g/mol. The van der Waals surface area contributed by atoms with Crippen LogP contribution in [0.4, 0.5) is 18.0 Å². The van der Waals surface area contributed by atoms with Gasteiger partial charge in [-0.3, -0.25) is 9.78 Å². The van der Waals surface area contributed by atoms with Gasteiger partial charge in [-0.2, -0.15) is 13.2 Å². The Morgan fingerprint density at radius 2 is 2.11 bits per heavy atom. The first-order chi connectivity index (χ1) is 17.1. The summed E-state index contributed by atoms with van der Waals surface area (Å²) < 4.78 is 50.5. The van der Waals surface area contributed by atoms with Crippen molar-refractivity contribution < 1.29 is 32.2 Å². The predicted molar refractivity (Wildman–Crippen MR) is 123 cm³/mol. The van der Waals surface area contributed by atoms with E-state index in [0.717, 1.165) is 44.6 Å². The van der Waals surface area contributed by atoms with Crippen molar-refractivity contribution >= 4 is 12.0 Å². The molecule has 1 aliphatic carbocycles. The maximum atomic E-state index is 13.8. The van der Waals surface area contributed by atoms with E-state index in [4.69, 9.17) is 9.47 Å². The average Bonchev–Trinajstić information content (AvgIpc) is 3.38. The van der Waals surface area contributed by atoms with Crippen molar-refractivity contribution in [2.45, 2.75) is 57.0 Å². The second kappa shape index (κ2) is 9.48. The molecule has 36 heavy (non-hydrogen) atoms. The Hall–Kier alpha value is -2.40. The third-order valence-corrected chi connectivity index (χ3v) is 8.38. The van der Waals surface area contributed by atoms with E-state index < -0.39 is 17.2 Å². The number of ether oxygens (including phenoxy) is 2. The van der Waals surface area contributed by atoms with Crippen LogP contribution in [0.5, 0.6) is 0 Å². The summed E-state index contributed by atoms with van der Waals surface area (Å²) in [5.74, 6) is 0.346. The van der Waals surface area contributed by atoms with Gasteiger partial charge in [0.05, 0.1) is 23.6 Å². The Labute approximate surface area is 208 Å². The van der Waals surface area contributed by atoms with Gasteiger partial charge in [-0.1, -0.05) is 0 Å². The zero-order valence-electron chi connectivity index (χ0n) is 20.7. The van der Waals surface area contributed by atoms with Gasteiger partial charge >= 0.3 is 12.3 Å². The van der Waals surface area contributed by atoms with Crippen LogP contribution >= 0.6 is 0 Å². The maximum Gasteiger partial charge on any atom is 0.417 e. The van der Waals surface area contributed by atoms with Gasteiger partial charge in [0.25, 0.3) is 0 Å². The molecular formula is C25H33F3N4O4. The van der Waals surface area contributed by atoms with Gasteiger partial charge < -0.3 is 24.2 Å². The van der Waals surface area contributed by atoms with Gasteiger partial charge in [0.1, 0.15) is 6.10 Å². The average molecular weight is 511 g/mol. The summed E-state index contributed by atoms with van der Waals surface area (Å²) in [7, 11) is 3.37. The number of pyridine rings is 1. The van der Waals surface area contributed by atoms with E-state index in [1.807, 2.05) is 0 Å². The lowest BCUT2D eigenvalue weighted by molar-refractivity contribution is -0.145. The highest BCUT2D eigenvalue weighted by molar-refractivity contribution is 5.84. The third-order valence-electron chi connectivity index (χ3n) is 8.38. The van der Waals surface area contributed by atoms with Crippen molar-refractivity contribution in [3.8, 4) is 0 Å². The van der Waals surface area contributed by atoms with Gasteiger partial charge in [-0.25, -0.2) is 4.79 Å². The van der Waals surface area contributed by atoms with Crippen molar-refractivity contribution in [2.75, 3.05) is 46.9 Å². The molecule has 198 valence electrons. The lowest BCUT2D eigenvalue weighted by Gasteiger charge is -2.37. The summed E-state index contributed by atoms with van der Waals surface area (Å²) in [6.07, 6.45) is -0.0942. The molecule has 1 aromatic rings. The highest BCUT2D eigenvalue weighted by Crippen LogP contribution is 2.39. The molecule has 2 amide bonds. The number of halogens is 3. The number of methoxy groups -OCH3 is 1.